The average molecular weight is 146 g/mol. The van der Waals surface area contributed by atoms with E-state index in [9.17, 15) is 0 Å². The summed E-state index contributed by atoms with van der Waals surface area (Å²) in [5, 5.41) is 0. The van der Waals surface area contributed by atoms with Gasteiger partial charge >= 0.3 is 0 Å². The van der Waals surface area contributed by atoms with Gasteiger partial charge in [0.25, 0.3) is 0 Å². The number of anilines is 1. The van der Waals surface area contributed by atoms with Crippen LogP contribution in [0.4, 0.5) is 5.69 Å². The molecule has 0 amide bonds. The van der Waals surface area contributed by atoms with Crippen molar-refractivity contribution in [3.8, 4) is 0 Å². The first-order valence-corrected chi connectivity index (χ1v) is 3.66. The normalized spacial score (nSPS) is 13.5. The molecule has 1 aromatic carbocycles. The van der Waals surface area contributed by atoms with Crippen molar-refractivity contribution in [1.82, 2.24) is 0 Å². The van der Waals surface area contributed by atoms with E-state index in [4.69, 9.17) is 5.73 Å². The molecule has 56 valence electrons. The molecule has 0 unspecified atom stereocenters. The van der Waals surface area contributed by atoms with Crippen LogP contribution in [0.1, 0.15) is 16.7 Å². The van der Waals surface area contributed by atoms with E-state index < -0.39 is 0 Å². The average Bonchev–Trinajstić information content (AvgIpc) is 2.36. The Hall–Kier alpha value is -1.31. The minimum absolute atomic E-state index is 0.816. The summed E-state index contributed by atoms with van der Waals surface area (Å²) < 4.78 is 0. The van der Waals surface area contributed by atoms with E-state index in [0.29, 0.717) is 0 Å². The maximum Gasteiger partial charge on any atom is 0.0646 e. The molecule has 0 atom stereocenters. The van der Waals surface area contributed by atoms with Crippen LogP contribution >= 0.6 is 0 Å². The van der Waals surface area contributed by atoms with Gasteiger partial charge in [-0.1, -0.05) is 6.07 Å². The fraction of sp³-hybridized carbons (Fsp3) is 0.222. The molecule has 2 N–H and O–H groups in total. The lowest BCUT2D eigenvalue weighted by molar-refractivity contribution is 1.11. The molecular weight excluding hydrogens is 136 g/mol. The highest BCUT2D eigenvalue weighted by Crippen LogP contribution is 2.20. The molecule has 1 aliphatic heterocycles. The number of fused-ring (bicyclic) bond motifs is 1. The monoisotopic (exact) mass is 146 g/mol. The Kier molecular flexibility index (Phi) is 1.22. The molecule has 0 radical (unpaired) electrons. The largest absolute Gasteiger partial charge is 0.398 e. The summed E-state index contributed by atoms with van der Waals surface area (Å²) >= 11 is 0. The van der Waals surface area contributed by atoms with Crippen molar-refractivity contribution >= 4 is 11.9 Å². The van der Waals surface area contributed by atoms with Crippen LogP contribution in [0.25, 0.3) is 0 Å². The van der Waals surface area contributed by atoms with Gasteiger partial charge in [0, 0.05) is 11.9 Å². The number of benzene rings is 1. The standard InChI is InChI=1S/C9H10N2/c1-6-2-7-4-11-5-8(7)3-9(6)10/h2-3,5H,4,10H2,1H3. The molecule has 0 bridgehead atoms. The van der Waals surface area contributed by atoms with Crippen LogP contribution in [0, 0.1) is 6.92 Å². The minimum Gasteiger partial charge on any atom is -0.398 e. The van der Waals surface area contributed by atoms with Crippen molar-refractivity contribution in [3.05, 3.63) is 28.8 Å². The summed E-state index contributed by atoms with van der Waals surface area (Å²) in [6.45, 7) is 2.84. The first-order valence-electron chi connectivity index (χ1n) is 3.66. The summed E-state index contributed by atoms with van der Waals surface area (Å²) in [5.74, 6) is 0. The lowest BCUT2D eigenvalue weighted by Crippen LogP contribution is -1.93. The van der Waals surface area contributed by atoms with Crippen molar-refractivity contribution in [2.75, 3.05) is 5.73 Å². The van der Waals surface area contributed by atoms with Gasteiger partial charge < -0.3 is 5.73 Å². The van der Waals surface area contributed by atoms with E-state index in [0.717, 1.165) is 17.8 Å². The number of aryl methyl sites for hydroxylation is 1. The van der Waals surface area contributed by atoms with Crippen LogP contribution in [-0.4, -0.2) is 6.21 Å². The van der Waals surface area contributed by atoms with Crippen molar-refractivity contribution in [1.29, 1.82) is 0 Å². The van der Waals surface area contributed by atoms with Gasteiger partial charge in [-0.05, 0) is 29.7 Å². The lowest BCUT2D eigenvalue weighted by Gasteiger charge is -2.02. The topological polar surface area (TPSA) is 38.4 Å². The predicted octanol–water partition coefficient (Wildman–Crippen LogP) is 1.51. The van der Waals surface area contributed by atoms with Gasteiger partial charge in [0.2, 0.25) is 0 Å². The fourth-order valence-corrected chi connectivity index (χ4v) is 1.30. The van der Waals surface area contributed by atoms with Gasteiger partial charge in [-0.3, -0.25) is 4.99 Å². The van der Waals surface area contributed by atoms with Crippen molar-refractivity contribution in [2.45, 2.75) is 13.5 Å². The molecule has 0 spiro atoms. The molecule has 0 aromatic heterocycles. The van der Waals surface area contributed by atoms with Gasteiger partial charge in [0.15, 0.2) is 0 Å². The first kappa shape index (κ1) is 6.40. The van der Waals surface area contributed by atoms with Gasteiger partial charge in [0.05, 0.1) is 6.54 Å². The van der Waals surface area contributed by atoms with Crippen LogP contribution in [-0.2, 0) is 6.54 Å². The maximum atomic E-state index is 5.73. The molecule has 2 heteroatoms. The fourth-order valence-electron chi connectivity index (χ4n) is 1.30. The van der Waals surface area contributed by atoms with Gasteiger partial charge in [-0.25, -0.2) is 0 Å². The van der Waals surface area contributed by atoms with Crippen molar-refractivity contribution < 1.29 is 0 Å². The van der Waals surface area contributed by atoms with Crippen LogP contribution < -0.4 is 5.73 Å². The summed E-state index contributed by atoms with van der Waals surface area (Å²) in [5.41, 5.74) is 10.2. The van der Waals surface area contributed by atoms with Crippen molar-refractivity contribution in [2.24, 2.45) is 4.99 Å². The molecule has 1 aliphatic rings. The van der Waals surface area contributed by atoms with Crippen LogP contribution in [0.5, 0.6) is 0 Å². The number of hydrogen-bond acceptors (Lipinski definition) is 2. The molecule has 0 saturated carbocycles. The zero-order valence-electron chi connectivity index (χ0n) is 6.46. The van der Waals surface area contributed by atoms with Gasteiger partial charge in [-0.15, -0.1) is 0 Å². The van der Waals surface area contributed by atoms with E-state index in [1.165, 1.54) is 11.1 Å². The Balaban J connectivity index is 2.63. The molecular formula is C9H10N2. The number of hydrogen-bond donors (Lipinski definition) is 1. The molecule has 0 saturated heterocycles. The highest BCUT2D eigenvalue weighted by molar-refractivity contribution is 5.86. The number of rotatable bonds is 0. The molecule has 1 heterocycles. The highest BCUT2D eigenvalue weighted by atomic mass is 14.7. The van der Waals surface area contributed by atoms with Crippen molar-refractivity contribution in [3.63, 3.8) is 0 Å². The van der Waals surface area contributed by atoms with E-state index in [-0.39, 0.29) is 0 Å². The summed E-state index contributed by atoms with van der Waals surface area (Å²) in [7, 11) is 0. The van der Waals surface area contributed by atoms with E-state index in [2.05, 4.69) is 11.1 Å². The van der Waals surface area contributed by atoms with Crippen LogP contribution in [0.2, 0.25) is 0 Å². The molecule has 0 aliphatic carbocycles. The number of aliphatic imine (C=N–C) groups is 1. The zero-order valence-corrected chi connectivity index (χ0v) is 6.46. The Labute approximate surface area is 65.8 Å². The molecule has 1 aromatic rings. The molecule has 11 heavy (non-hydrogen) atoms. The van der Waals surface area contributed by atoms with Crippen LogP contribution in [0.3, 0.4) is 0 Å². The first-order chi connectivity index (χ1) is 5.27. The summed E-state index contributed by atoms with van der Waals surface area (Å²) in [4.78, 5) is 4.15. The Morgan fingerprint density at radius 1 is 1.45 bits per heavy atom. The van der Waals surface area contributed by atoms with E-state index in [1.807, 2.05) is 19.2 Å². The SMILES string of the molecule is Cc1cc2c(cc1N)C=NC2. The number of nitrogens with two attached hydrogens (primary N) is 1. The second-order valence-corrected chi connectivity index (χ2v) is 2.88. The summed E-state index contributed by atoms with van der Waals surface area (Å²) in [6, 6.07) is 4.10. The minimum atomic E-state index is 0.816. The Morgan fingerprint density at radius 2 is 2.27 bits per heavy atom. The molecule has 2 nitrogen and oxygen atoms in total. The quantitative estimate of drug-likeness (QED) is 0.553. The van der Waals surface area contributed by atoms with Gasteiger partial charge in [0.1, 0.15) is 0 Å². The second kappa shape index (κ2) is 2.09. The third-order valence-corrected chi connectivity index (χ3v) is 2.02. The third kappa shape index (κ3) is 0.909. The number of nitrogens with zero attached hydrogens (tertiary/aromatic N) is 1. The predicted molar refractivity (Wildman–Crippen MR) is 46.9 cm³/mol. The zero-order chi connectivity index (χ0) is 7.84. The number of nitrogen functional groups attached to an aromatic ring is 1. The van der Waals surface area contributed by atoms with E-state index >= 15 is 0 Å². The smallest absolute Gasteiger partial charge is 0.0646 e. The third-order valence-electron chi connectivity index (χ3n) is 2.02. The lowest BCUT2D eigenvalue weighted by atomic mass is 10.1. The van der Waals surface area contributed by atoms with Gasteiger partial charge in [-0.2, -0.15) is 0 Å². The van der Waals surface area contributed by atoms with E-state index in [1.54, 1.807) is 0 Å². The second-order valence-electron chi connectivity index (χ2n) is 2.88. The molecule has 2 rings (SSSR count). The highest BCUT2D eigenvalue weighted by Gasteiger charge is 2.07. The van der Waals surface area contributed by atoms with Crippen LogP contribution in [0.15, 0.2) is 17.1 Å². The maximum absolute atomic E-state index is 5.73. The Morgan fingerprint density at radius 3 is 3.09 bits per heavy atom. The molecule has 0 fully saturated rings. The summed E-state index contributed by atoms with van der Waals surface area (Å²) in [6.07, 6.45) is 1.88. The Bertz CT molecular complexity index is 327.